The number of fused-ring (bicyclic) bond motifs is 2. The molecular formula is C20H20FN7O2. The lowest BCUT2D eigenvalue weighted by Crippen LogP contribution is -2.27. The van der Waals surface area contributed by atoms with Crippen molar-refractivity contribution in [3.05, 3.63) is 53.7 Å². The molecule has 0 amide bonds. The monoisotopic (exact) mass is 409 g/mol. The molecule has 3 aromatic heterocycles. The lowest BCUT2D eigenvalue weighted by atomic mass is 10.1. The van der Waals surface area contributed by atoms with E-state index in [9.17, 15) is 9.50 Å². The number of halogens is 1. The van der Waals surface area contributed by atoms with Crippen molar-refractivity contribution in [2.75, 3.05) is 6.61 Å². The topological polar surface area (TPSA) is 111 Å². The van der Waals surface area contributed by atoms with Crippen LogP contribution in [0.5, 0.6) is 0 Å². The van der Waals surface area contributed by atoms with E-state index < -0.39 is 5.60 Å². The van der Waals surface area contributed by atoms with Crippen LogP contribution in [0.4, 0.5) is 4.39 Å². The zero-order valence-electron chi connectivity index (χ0n) is 16.7. The summed E-state index contributed by atoms with van der Waals surface area (Å²) in [6.07, 6.45) is 3.14. The molecule has 1 aromatic carbocycles. The Morgan fingerprint density at radius 3 is 2.93 bits per heavy atom. The van der Waals surface area contributed by atoms with E-state index in [0.29, 0.717) is 33.8 Å². The molecule has 0 aliphatic rings. The first-order valence-electron chi connectivity index (χ1n) is 9.30. The first-order valence-corrected chi connectivity index (χ1v) is 9.30. The third-order valence-corrected chi connectivity index (χ3v) is 4.50. The molecule has 0 radical (unpaired) electrons. The van der Waals surface area contributed by atoms with Crippen LogP contribution in [0.3, 0.4) is 0 Å². The molecule has 0 saturated heterocycles. The maximum atomic E-state index is 14.6. The molecule has 0 bridgehead atoms. The van der Waals surface area contributed by atoms with Crippen LogP contribution in [0.2, 0.25) is 0 Å². The van der Waals surface area contributed by atoms with Gasteiger partial charge in [0.15, 0.2) is 11.2 Å². The molecule has 4 aromatic rings. The highest BCUT2D eigenvalue weighted by Gasteiger charge is 2.19. The number of hydrogen-bond donors (Lipinski definition) is 1. The van der Waals surface area contributed by atoms with Crippen molar-refractivity contribution in [2.24, 2.45) is 5.16 Å². The second kappa shape index (κ2) is 7.71. The van der Waals surface area contributed by atoms with Crippen molar-refractivity contribution in [2.45, 2.75) is 32.9 Å². The van der Waals surface area contributed by atoms with Crippen LogP contribution < -0.4 is 0 Å². The highest BCUT2D eigenvalue weighted by Crippen LogP contribution is 2.19. The number of oxime groups is 1. The van der Waals surface area contributed by atoms with Gasteiger partial charge in [0, 0.05) is 23.2 Å². The smallest absolute Gasteiger partial charge is 0.221 e. The minimum atomic E-state index is -0.815. The van der Waals surface area contributed by atoms with E-state index >= 15 is 0 Å². The van der Waals surface area contributed by atoms with Gasteiger partial charge in [0.2, 0.25) is 5.65 Å². The Balaban J connectivity index is 1.67. The zero-order valence-corrected chi connectivity index (χ0v) is 16.7. The van der Waals surface area contributed by atoms with Crippen LogP contribution in [0.25, 0.3) is 22.2 Å². The molecule has 0 unspecified atom stereocenters. The van der Waals surface area contributed by atoms with Crippen LogP contribution >= 0.6 is 0 Å². The first-order chi connectivity index (χ1) is 14.4. The first kappa shape index (κ1) is 19.8. The number of pyridine rings is 1. The van der Waals surface area contributed by atoms with Gasteiger partial charge in [-0.05, 0) is 32.9 Å². The second-order valence-corrected chi connectivity index (χ2v) is 7.48. The van der Waals surface area contributed by atoms with E-state index in [1.807, 2.05) is 6.07 Å². The van der Waals surface area contributed by atoms with E-state index in [4.69, 9.17) is 4.84 Å². The molecule has 0 spiro atoms. The van der Waals surface area contributed by atoms with Crippen LogP contribution in [0.1, 0.15) is 32.0 Å². The van der Waals surface area contributed by atoms with E-state index in [-0.39, 0.29) is 19.0 Å². The quantitative estimate of drug-likeness (QED) is 0.385. The van der Waals surface area contributed by atoms with Gasteiger partial charge in [-0.1, -0.05) is 16.4 Å². The molecule has 154 valence electrons. The predicted octanol–water partition coefficient (Wildman–Crippen LogP) is 2.47. The summed E-state index contributed by atoms with van der Waals surface area (Å²) in [5.41, 5.74) is 1.88. The molecular weight excluding hydrogens is 389 g/mol. The van der Waals surface area contributed by atoms with Gasteiger partial charge in [-0.3, -0.25) is 4.98 Å². The Morgan fingerprint density at radius 1 is 1.30 bits per heavy atom. The van der Waals surface area contributed by atoms with E-state index in [0.717, 1.165) is 5.39 Å². The number of rotatable bonds is 6. The summed E-state index contributed by atoms with van der Waals surface area (Å²) in [7, 11) is 0. The van der Waals surface area contributed by atoms with Crippen molar-refractivity contribution in [3.8, 4) is 0 Å². The normalized spacial score (nSPS) is 12.6. The molecule has 1 N–H and O–H groups in total. The molecule has 0 aliphatic heterocycles. The number of aliphatic hydroxyl groups is 1. The average molecular weight is 409 g/mol. The Kier molecular flexibility index (Phi) is 5.08. The Hall–Kier alpha value is -3.53. The van der Waals surface area contributed by atoms with Crippen LogP contribution in [-0.2, 0) is 11.4 Å². The summed E-state index contributed by atoms with van der Waals surface area (Å²) < 4.78 is 16.1. The van der Waals surface area contributed by atoms with Crippen LogP contribution in [0.15, 0.2) is 41.8 Å². The summed E-state index contributed by atoms with van der Waals surface area (Å²) in [4.78, 5) is 18.3. The average Bonchev–Trinajstić information content (AvgIpc) is 3.14. The number of aliphatic hydroxyl groups excluding tert-OH is 1. The van der Waals surface area contributed by atoms with E-state index in [1.165, 1.54) is 16.9 Å². The van der Waals surface area contributed by atoms with Gasteiger partial charge < -0.3 is 9.94 Å². The maximum absolute atomic E-state index is 14.6. The summed E-state index contributed by atoms with van der Waals surface area (Å²) in [6.45, 7) is 5.09. The highest BCUT2D eigenvalue weighted by molar-refractivity contribution is 5.97. The van der Waals surface area contributed by atoms with Gasteiger partial charge in [-0.15, -0.1) is 5.10 Å². The molecule has 0 atom stereocenters. The number of nitrogens with zero attached hydrogens (tertiary/aromatic N) is 7. The SMILES string of the molecule is C/C(=N/OC(C)(C)CO)c1cnc2nnn(Cc3cc4cccnc4cc3F)c2n1. The fourth-order valence-corrected chi connectivity index (χ4v) is 2.73. The van der Waals surface area contributed by atoms with Crippen molar-refractivity contribution in [3.63, 3.8) is 0 Å². The third kappa shape index (κ3) is 3.94. The molecule has 30 heavy (non-hydrogen) atoms. The zero-order chi connectivity index (χ0) is 21.3. The maximum Gasteiger partial charge on any atom is 0.221 e. The molecule has 0 fully saturated rings. The molecule has 10 heteroatoms. The van der Waals surface area contributed by atoms with Crippen molar-refractivity contribution >= 4 is 27.9 Å². The van der Waals surface area contributed by atoms with Gasteiger partial charge in [-0.2, -0.15) is 0 Å². The van der Waals surface area contributed by atoms with Crippen molar-refractivity contribution < 1.29 is 14.3 Å². The predicted molar refractivity (Wildman–Crippen MR) is 108 cm³/mol. The molecule has 0 saturated carbocycles. The van der Waals surface area contributed by atoms with Gasteiger partial charge in [0.25, 0.3) is 0 Å². The number of benzene rings is 1. The molecule has 0 aliphatic carbocycles. The fraction of sp³-hybridized carbons (Fsp3) is 0.300. The third-order valence-electron chi connectivity index (χ3n) is 4.50. The summed E-state index contributed by atoms with van der Waals surface area (Å²) in [5, 5.41) is 22.2. The lowest BCUT2D eigenvalue weighted by molar-refractivity contribution is -0.0514. The second-order valence-electron chi connectivity index (χ2n) is 7.48. The van der Waals surface area contributed by atoms with Gasteiger partial charge in [0.1, 0.15) is 17.2 Å². The lowest BCUT2D eigenvalue weighted by Gasteiger charge is -2.19. The van der Waals surface area contributed by atoms with Crippen molar-refractivity contribution in [1.29, 1.82) is 0 Å². The molecule has 9 nitrogen and oxygen atoms in total. The minimum Gasteiger partial charge on any atom is -0.392 e. The molecule has 3 heterocycles. The highest BCUT2D eigenvalue weighted by atomic mass is 19.1. The minimum absolute atomic E-state index is 0.134. The van der Waals surface area contributed by atoms with Gasteiger partial charge in [0.05, 0.1) is 24.9 Å². The standard InChI is InChI=1S/C20H20FN7O2/c1-12(26-30-20(2,3)11-29)17-9-23-18-19(24-17)28(27-25-18)10-14-7-13-5-4-6-22-16(13)8-15(14)21/h4-9,29H,10-11H2,1-3H3/b26-12-. The van der Waals surface area contributed by atoms with E-state index in [2.05, 4.69) is 30.4 Å². The number of aromatic nitrogens is 6. The van der Waals surface area contributed by atoms with Gasteiger partial charge >= 0.3 is 0 Å². The Labute approximate surface area is 171 Å². The largest absolute Gasteiger partial charge is 0.392 e. The summed E-state index contributed by atoms with van der Waals surface area (Å²) in [6, 6.07) is 6.81. The number of hydrogen-bond acceptors (Lipinski definition) is 8. The summed E-state index contributed by atoms with van der Waals surface area (Å²) >= 11 is 0. The Morgan fingerprint density at radius 2 is 2.13 bits per heavy atom. The fourth-order valence-electron chi connectivity index (χ4n) is 2.73. The van der Waals surface area contributed by atoms with Crippen molar-refractivity contribution in [1.82, 2.24) is 29.9 Å². The summed E-state index contributed by atoms with van der Waals surface area (Å²) in [5.74, 6) is -0.383. The Bertz CT molecular complexity index is 1250. The van der Waals surface area contributed by atoms with Crippen LogP contribution in [0, 0.1) is 5.82 Å². The van der Waals surface area contributed by atoms with Gasteiger partial charge in [-0.25, -0.2) is 19.0 Å². The molecule has 4 rings (SSSR count). The van der Waals surface area contributed by atoms with E-state index in [1.54, 1.807) is 39.1 Å². The van der Waals surface area contributed by atoms with Crippen LogP contribution in [-0.4, -0.2) is 53.0 Å².